The van der Waals surface area contributed by atoms with E-state index in [-0.39, 0.29) is 5.78 Å². The lowest BCUT2D eigenvalue weighted by atomic mass is 10.1. The zero-order valence-corrected chi connectivity index (χ0v) is 10.9. The van der Waals surface area contributed by atoms with Crippen molar-refractivity contribution in [2.75, 3.05) is 7.11 Å². The van der Waals surface area contributed by atoms with Gasteiger partial charge >= 0.3 is 0 Å². The molecule has 0 unspecified atom stereocenters. The van der Waals surface area contributed by atoms with Crippen molar-refractivity contribution >= 4 is 5.78 Å². The summed E-state index contributed by atoms with van der Waals surface area (Å²) in [5.74, 6) is 5.80. The van der Waals surface area contributed by atoms with Gasteiger partial charge in [0.05, 0.1) is 18.7 Å². The Morgan fingerprint density at radius 1 is 1.00 bits per heavy atom. The van der Waals surface area contributed by atoms with E-state index in [0.29, 0.717) is 22.4 Å². The SMILES string of the molecule is COc1ccc(C(=O)C#Cc2ccc(C#N)cc2)cc1. The Bertz CT molecular complexity index is 711. The van der Waals surface area contributed by atoms with E-state index in [0.717, 1.165) is 0 Å². The molecule has 0 saturated heterocycles. The lowest BCUT2D eigenvalue weighted by Crippen LogP contribution is -1.95. The number of hydrogen-bond donors (Lipinski definition) is 0. The van der Waals surface area contributed by atoms with E-state index in [1.807, 2.05) is 6.07 Å². The van der Waals surface area contributed by atoms with Gasteiger partial charge in [0, 0.05) is 11.1 Å². The third kappa shape index (κ3) is 3.25. The summed E-state index contributed by atoms with van der Waals surface area (Å²) in [5, 5.41) is 8.69. The first-order valence-electron chi connectivity index (χ1n) is 5.93. The number of carbonyl (C=O) groups excluding carboxylic acids is 1. The third-order valence-corrected chi connectivity index (χ3v) is 2.69. The highest BCUT2D eigenvalue weighted by Crippen LogP contribution is 2.11. The number of nitrogens with zero attached hydrogens (tertiary/aromatic N) is 1. The molecule has 0 fully saturated rings. The Hall–Kier alpha value is -3.04. The number of ketones is 1. The fourth-order valence-electron chi connectivity index (χ4n) is 1.57. The van der Waals surface area contributed by atoms with Crippen LogP contribution >= 0.6 is 0 Å². The molecule has 0 heterocycles. The molecule has 0 aliphatic heterocycles. The van der Waals surface area contributed by atoms with Gasteiger partial charge in [0.2, 0.25) is 5.78 Å². The van der Waals surface area contributed by atoms with Gasteiger partial charge in [-0.05, 0) is 54.5 Å². The van der Waals surface area contributed by atoms with Crippen LogP contribution in [0, 0.1) is 23.2 Å². The second-order valence-corrected chi connectivity index (χ2v) is 4.00. The molecule has 0 amide bonds. The maximum absolute atomic E-state index is 11.9. The summed E-state index contributed by atoms with van der Waals surface area (Å²) in [5.41, 5.74) is 1.79. The van der Waals surface area contributed by atoms with Gasteiger partial charge in [-0.3, -0.25) is 4.79 Å². The van der Waals surface area contributed by atoms with Crippen LogP contribution in [0.3, 0.4) is 0 Å². The second kappa shape index (κ2) is 6.22. The summed E-state index contributed by atoms with van der Waals surface area (Å²) < 4.78 is 5.03. The minimum atomic E-state index is -0.253. The first-order valence-corrected chi connectivity index (χ1v) is 5.93. The van der Waals surface area contributed by atoms with E-state index < -0.39 is 0 Å². The van der Waals surface area contributed by atoms with E-state index in [1.54, 1.807) is 55.6 Å². The molecule has 0 bridgehead atoms. The molecule has 2 aromatic carbocycles. The van der Waals surface area contributed by atoms with Gasteiger partial charge in [0.1, 0.15) is 5.75 Å². The van der Waals surface area contributed by atoms with Crippen LogP contribution in [-0.4, -0.2) is 12.9 Å². The van der Waals surface area contributed by atoms with E-state index in [4.69, 9.17) is 10.00 Å². The molecule has 20 heavy (non-hydrogen) atoms. The van der Waals surface area contributed by atoms with Crippen molar-refractivity contribution in [1.29, 1.82) is 5.26 Å². The van der Waals surface area contributed by atoms with Crippen LogP contribution in [0.4, 0.5) is 0 Å². The van der Waals surface area contributed by atoms with E-state index >= 15 is 0 Å². The standard InChI is InChI=1S/C17H11NO2/c1-20-16-9-7-15(8-10-16)17(19)11-6-13-2-4-14(12-18)5-3-13/h2-5,7-10H,1H3. The van der Waals surface area contributed by atoms with Crippen LogP contribution < -0.4 is 4.74 Å². The van der Waals surface area contributed by atoms with Gasteiger partial charge in [-0.2, -0.15) is 5.26 Å². The van der Waals surface area contributed by atoms with Crippen molar-refractivity contribution in [3.8, 4) is 23.7 Å². The minimum Gasteiger partial charge on any atom is -0.497 e. The van der Waals surface area contributed by atoms with Crippen molar-refractivity contribution in [2.45, 2.75) is 0 Å². The molecule has 0 saturated carbocycles. The van der Waals surface area contributed by atoms with Gasteiger partial charge in [0.15, 0.2) is 0 Å². The molecule has 3 heteroatoms. The number of benzene rings is 2. The second-order valence-electron chi connectivity index (χ2n) is 4.00. The Morgan fingerprint density at radius 2 is 1.60 bits per heavy atom. The van der Waals surface area contributed by atoms with Crippen LogP contribution in [0.25, 0.3) is 0 Å². The number of Topliss-reactive ketones (excluding diaryl/α,β-unsaturated/α-hetero) is 1. The highest BCUT2D eigenvalue weighted by molar-refractivity contribution is 6.09. The molecule has 3 nitrogen and oxygen atoms in total. The fraction of sp³-hybridized carbons (Fsp3) is 0.0588. The number of ether oxygens (including phenoxy) is 1. The Labute approximate surface area is 117 Å². The quantitative estimate of drug-likeness (QED) is 0.617. The van der Waals surface area contributed by atoms with Gasteiger partial charge in [0.25, 0.3) is 0 Å². The Morgan fingerprint density at radius 3 is 2.15 bits per heavy atom. The minimum absolute atomic E-state index is 0.253. The Balaban J connectivity index is 2.14. The first-order chi connectivity index (χ1) is 9.72. The van der Waals surface area contributed by atoms with Crippen molar-refractivity contribution in [2.24, 2.45) is 0 Å². The van der Waals surface area contributed by atoms with Crippen LogP contribution in [0.2, 0.25) is 0 Å². The van der Waals surface area contributed by atoms with E-state index in [1.165, 1.54) is 0 Å². The number of carbonyl (C=O) groups is 1. The third-order valence-electron chi connectivity index (χ3n) is 2.69. The summed E-state index contributed by atoms with van der Waals surface area (Å²) in [4.78, 5) is 11.9. The molecule has 2 aromatic rings. The van der Waals surface area contributed by atoms with Crippen molar-refractivity contribution in [1.82, 2.24) is 0 Å². The highest BCUT2D eigenvalue weighted by Gasteiger charge is 2.01. The summed E-state index contributed by atoms with van der Waals surface area (Å²) >= 11 is 0. The van der Waals surface area contributed by atoms with Gasteiger partial charge in [-0.1, -0.05) is 5.92 Å². The zero-order chi connectivity index (χ0) is 14.4. The van der Waals surface area contributed by atoms with Gasteiger partial charge < -0.3 is 4.74 Å². The smallest absolute Gasteiger partial charge is 0.236 e. The molecule has 2 rings (SSSR count). The van der Waals surface area contributed by atoms with Crippen LogP contribution in [0.1, 0.15) is 21.5 Å². The fourth-order valence-corrected chi connectivity index (χ4v) is 1.57. The maximum atomic E-state index is 11.9. The van der Waals surface area contributed by atoms with E-state index in [9.17, 15) is 4.79 Å². The molecule has 96 valence electrons. The lowest BCUT2D eigenvalue weighted by molar-refractivity contribution is 0.105. The summed E-state index contributed by atoms with van der Waals surface area (Å²) in [6.45, 7) is 0. The van der Waals surface area contributed by atoms with Crippen molar-refractivity contribution < 1.29 is 9.53 Å². The predicted octanol–water partition coefficient (Wildman–Crippen LogP) is 2.80. The summed E-state index contributed by atoms with van der Waals surface area (Å²) in [6, 6.07) is 15.6. The lowest BCUT2D eigenvalue weighted by Gasteiger charge is -1.98. The molecule has 0 radical (unpaired) electrons. The first kappa shape index (κ1) is 13.4. The molecular formula is C17H11NO2. The average Bonchev–Trinajstić information content (AvgIpc) is 2.53. The molecule has 0 spiro atoms. The molecule has 0 atom stereocenters. The highest BCUT2D eigenvalue weighted by atomic mass is 16.5. The van der Waals surface area contributed by atoms with Crippen LogP contribution in [-0.2, 0) is 0 Å². The molecular weight excluding hydrogens is 250 g/mol. The zero-order valence-electron chi connectivity index (χ0n) is 10.9. The molecule has 0 aliphatic carbocycles. The molecule has 0 aromatic heterocycles. The van der Waals surface area contributed by atoms with Gasteiger partial charge in [-0.15, -0.1) is 0 Å². The number of nitriles is 1. The molecule has 0 N–H and O–H groups in total. The average molecular weight is 261 g/mol. The monoisotopic (exact) mass is 261 g/mol. The topological polar surface area (TPSA) is 50.1 Å². The van der Waals surface area contributed by atoms with Crippen molar-refractivity contribution in [3.05, 3.63) is 65.2 Å². The van der Waals surface area contributed by atoms with Crippen LogP contribution in [0.15, 0.2) is 48.5 Å². The normalized spacial score (nSPS) is 9.00. The van der Waals surface area contributed by atoms with Gasteiger partial charge in [-0.25, -0.2) is 0 Å². The van der Waals surface area contributed by atoms with Crippen molar-refractivity contribution in [3.63, 3.8) is 0 Å². The predicted molar refractivity (Wildman–Crippen MR) is 75.4 cm³/mol. The largest absolute Gasteiger partial charge is 0.497 e. The van der Waals surface area contributed by atoms with Crippen LogP contribution in [0.5, 0.6) is 5.75 Å². The summed E-state index contributed by atoms with van der Waals surface area (Å²) in [6.07, 6.45) is 0. The Kier molecular flexibility index (Phi) is 4.17. The number of rotatable bonds is 2. The molecule has 0 aliphatic rings. The maximum Gasteiger partial charge on any atom is 0.236 e. The number of methoxy groups -OCH3 is 1. The van der Waals surface area contributed by atoms with E-state index in [2.05, 4.69) is 11.8 Å². The number of hydrogen-bond acceptors (Lipinski definition) is 3. The summed E-state index contributed by atoms with van der Waals surface area (Å²) in [7, 11) is 1.57.